The molecule has 2 N–H and O–H groups in total. The zero-order valence-corrected chi connectivity index (χ0v) is 11.8. The summed E-state index contributed by atoms with van der Waals surface area (Å²) in [7, 11) is 0. The summed E-state index contributed by atoms with van der Waals surface area (Å²) in [4.78, 5) is 22.4. The molecule has 0 atom stereocenters. The van der Waals surface area contributed by atoms with Crippen LogP contribution >= 0.6 is 0 Å². The molecule has 0 bridgehead atoms. The minimum absolute atomic E-state index is 0.0621. The van der Waals surface area contributed by atoms with Gasteiger partial charge >= 0.3 is 12.1 Å². The maximum atomic E-state index is 11.5. The average molecular weight is 297 g/mol. The number of ether oxygens (including phenoxy) is 2. The van der Waals surface area contributed by atoms with Crippen molar-refractivity contribution in [2.45, 2.75) is 5.92 Å². The van der Waals surface area contributed by atoms with Crippen LogP contribution in [0, 0.1) is 0 Å². The van der Waals surface area contributed by atoms with Gasteiger partial charge in [0.15, 0.2) is 0 Å². The van der Waals surface area contributed by atoms with Gasteiger partial charge in [-0.3, -0.25) is 4.79 Å². The molecular formula is C17H15NO4. The van der Waals surface area contributed by atoms with E-state index in [0.29, 0.717) is 0 Å². The Labute approximate surface area is 127 Å². The molecule has 0 saturated heterocycles. The van der Waals surface area contributed by atoms with Crippen LogP contribution in [0.15, 0.2) is 48.5 Å². The monoisotopic (exact) mass is 297 g/mol. The summed E-state index contributed by atoms with van der Waals surface area (Å²) >= 11 is 0. The fraction of sp³-hybridized carbons (Fsp3) is 0.176. The molecule has 0 unspecified atom stereocenters. The first-order valence-corrected chi connectivity index (χ1v) is 6.96. The lowest BCUT2D eigenvalue weighted by Crippen LogP contribution is -2.22. The lowest BCUT2D eigenvalue weighted by atomic mass is 9.98. The van der Waals surface area contributed by atoms with E-state index in [1.807, 2.05) is 48.5 Å². The summed E-state index contributed by atoms with van der Waals surface area (Å²) in [5.41, 5.74) is 9.55. The third-order valence-electron chi connectivity index (χ3n) is 3.69. The van der Waals surface area contributed by atoms with Crippen LogP contribution in [0.3, 0.4) is 0 Å². The molecule has 5 heteroatoms. The van der Waals surface area contributed by atoms with E-state index in [2.05, 4.69) is 4.74 Å². The molecule has 0 heterocycles. The van der Waals surface area contributed by atoms with Crippen LogP contribution in [0.4, 0.5) is 4.79 Å². The van der Waals surface area contributed by atoms with Gasteiger partial charge in [0.05, 0.1) is 6.54 Å². The molecule has 1 aliphatic carbocycles. The van der Waals surface area contributed by atoms with Crippen molar-refractivity contribution in [2.75, 3.05) is 13.2 Å². The minimum atomic E-state index is -1.02. The molecule has 5 nitrogen and oxygen atoms in total. The van der Waals surface area contributed by atoms with Crippen LogP contribution in [-0.4, -0.2) is 25.3 Å². The van der Waals surface area contributed by atoms with Gasteiger partial charge in [0, 0.05) is 5.92 Å². The average Bonchev–Trinajstić information content (AvgIpc) is 2.87. The zero-order valence-electron chi connectivity index (χ0n) is 11.8. The smallest absolute Gasteiger partial charge is 0.433 e. The highest BCUT2D eigenvalue weighted by atomic mass is 16.7. The predicted molar refractivity (Wildman–Crippen MR) is 80.2 cm³/mol. The van der Waals surface area contributed by atoms with Gasteiger partial charge in [0.2, 0.25) is 0 Å². The quantitative estimate of drug-likeness (QED) is 0.695. The highest BCUT2D eigenvalue weighted by Crippen LogP contribution is 2.44. The van der Waals surface area contributed by atoms with Crippen molar-refractivity contribution in [2.24, 2.45) is 5.73 Å². The van der Waals surface area contributed by atoms with Gasteiger partial charge in [-0.25, -0.2) is 4.79 Å². The molecule has 0 aliphatic heterocycles. The maximum absolute atomic E-state index is 11.5. The van der Waals surface area contributed by atoms with Gasteiger partial charge in [-0.05, 0) is 22.3 Å². The van der Waals surface area contributed by atoms with Crippen LogP contribution < -0.4 is 5.73 Å². The van der Waals surface area contributed by atoms with Crippen molar-refractivity contribution >= 4 is 12.1 Å². The van der Waals surface area contributed by atoms with E-state index >= 15 is 0 Å². The van der Waals surface area contributed by atoms with Crippen LogP contribution in [0.5, 0.6) is 0 Å². The fourth-order valence-electron chi connectivity index (χ4n) is 2.75. The highest BCUT2D eigenvalue weighted by Gasteiger charge is 2.29. The van der Waals surface area contributed by atoms with Crippen LogP contribution in [0.2, 0.25) is 0 Å². The number of hydrogen-bond donors (Lipinski definition) is 1. The first kappa shape index (κ1) is 14.3. The number of nitrogens with two attached hydrogens (primary N) is 1. The van der Waals surface area contributed by atoms with E-state index in [0.717, 1.165) is 22.3 Å². The standard InChI is InChI=1S/C17H15NO4/c18-9-16(19)22-17(20)21-10-15-13-7-3-1-5-11(13)12-6-2-4-8-14(12)15/h1-8,15H,9-10,18H2. The molecule has 0 spiro atoms. The largest absolute Gasteiger partial charge is 0.516 e. The van der Waals surface area contributed by atoms with Gasteiger partial charge in [0.25, 0.3) is 0 Å². The van der Waals surface area contributed by atoms with Crippen molar-refractivity contribution in [1.29, 1.82) is 0 Å². The lowest BCUT2D eigenvalue weighted by Gasteiger charge is -2.13. The summed E-state index contributed by atoms with van der Waals surface area (Å²) in [6, 6.07) is 16.0. The second-order valence-electron chi connectivity index (χ2n) is 4.97. The van der Waals surface area contributed by atoms with E-state index in [-0.39, 0.29) is 19.1 Å². The third kappa shape index (κ3) is 2.58. The number of hydrogen-bond acceptors (Lipinski definition) is 5. The van der Waals surface area contributed by atoms with Crippen LogP contribution in [-0.2, 0) is 14.3 Å². The van der Waals surface area contributed by atoms with E-state index in [1.165, 1.54) is 0 Å². The van der Waals surface area contributed by atoms with Crippen molar-refractivity contribution in [1.82, 2.24) is 0 Å². The third-order valence-corrected chi connectivity index (χ3v) is 3.69. The Morgan fingerprint density at radius 3 is 2.05 bits per heavy atom. The van der Waals surface area contributed by atoms with Crippen molar-refractivity contribution in [3.63, 3.8) is 0 Å². The lowest BCUT2D eigenvalue weighted by molar-refractivity contribution is -0.138. The molecule has 0 amide bonds. The predicted octanol–water partition coefficient (Wildman–Crippen LogP) is 2.44. The molecule has 0 aromatic heterocycles. The summed E-state index contributed by atoms with van der Waals surface area (Å²) in [6.45, 7) is -0.241. The molecule has 2 aromatic rings. The molecule has 3 rings (SSSR count). The Balaban J connectivity index is 1.79. The molecule has 0 fully saturated rings. The Morgan fingerprint density at radius 2 is 1.50 bits per heavy atom. The first-order chi connectivity index (χ1) is 10.7. The Morgan fingerprint density at radius 1 is 0.955 bits per heavy atom. The number of esters is 1. The normalized spacial score (nSPS) is 12.4. The van der Waals surface area contributed by atoms with Crippen molar-refractivity contribution in [3.8, 4) is 11.1 Å². The number of rotatable bonds is 3. The zero-order chi connectivity index (χ0) is 15.5. The Kier molecular flexibility index (Phi) is 3.89. The molecular weight excluding hydrogens is 282 g/mol. The first-order valence-electron chi connectivity index (χ1n) is 6.96. The summed E-state index contributed by atoms with van der Waals surface area (Å²) in [6.07, 6.45) is -1.02. The number of carbonyl (C=O) groups is 2. The van der Waals surface area contributed by atoms with Gasteiger partial charge in [-0.1, -0.05) is 48.5 Å². The second-order valence-corrected chi connectivity index (χ2v) is 4.97. The molecule has 0 saturated carbocycles. The van der Waals surface area contributed by atoms with E-state index in [1.54, 1.807) is 0 Å². The SMILES string of the molecule is NCC(=O)OC(=O)OCC1c2ccccc2-c2ccccc21. The van der Waals surface area contributed by atoms with Crippen molar-refractivity contribution in [3.05, 3.63) is 59.7 Å². The summed E-state index contributed by atoms with van der Waals surface area (Å²) in [5, 5.41) is 0. The summed E-state index contributed by atoms with van der Waals surface area (Å²) in [5.74, 6) is -0.870. The van der Waals surface area contributed by atoms with E-state index in [9.17, 15) is 9.59 Å². The van der Waals surface area contributed by atoms with Gasteiger partial charge in [-0.15, -0.1) is 0 Å². The molecule has 22 heavy (non-hydrogen) atoms. The Hall–Kier alpha value is -2.66. The second kappa shape index (κ2) is 5.99. The van der Waals surface area contributed by atoms with Crippen LogP contribution in [0.25, 0.3) is 11.1 Å². The molecule has 0 radical (unpaired) electrons. The molecule has 112 valence electrons. The fourth-order valence-corrected chi connectivity index (χ4v) is 2.75. The number of carbonyl (C=O) groups excluding carboxylic acids is 2. The minimum Gasteiger partial charge on any atom is -0.433 e. The topological polar surface area (TPSA) is 78.6 Å². The molecule has 1 aliphatic rings. The molecule has 2 aromatic carbocycles. The van der Waals surface area contributed by atoms with Gasteiger partial charge in [0.1, 0.15) is 6.61 Å². The summed E-state index contributed by atoms with van der Waals surface area (Å²) < 4.78 is 9.48. The van der Waals surface area contributed by atoms with E-state index in [4.69, 9.17) is 10.5 Å². The maximum Gasteiger partial charge on any atom is 0.516 e. The number of fused-ring (bicyclic) bond motifs is 3. The van der Waals surface area contributed by atoms with E-state index < -0.39 is 12.1 Å². The van der Waals surface area contributed by atoms with Crippen molar-refractivity contribution < 1.29 is 19.1 Å². The highest BCUT2D eigenvalue weighted by molar-refractivity contribution is 5.83. The number of benzene rings is 2. The van der Waals surface area contributed by atoms with Gasteiger partial charge < -0.3 is 15.2 Å². The Bertz CT molecular complexity index is 681. The van der Waals surface area contributed by atoms with Crippen LogP contribution in [0.1, 0.15) is 17.0 Å². The van der Waals surface area contributed by atoms with Gasteiger partial charge in [-0.2, -0.15) is 0 Å².